The second-order valence-electron chi connectivity index (χ2n) is 6.73. The van der Waals surface area contributed by atoms with Crippen molar-refractivity contribution in [3.05, 3.63) is 0 Å². The maximum atomic E-state index is 5.65. The van der Waals surface area contributed by atoms with Crippen molar-refractivity contribution in [1.29, 1.82) is 0 Å². The van der Waals surface area contributed by atoms with E-state index in [-0.39, 0.29) is 0 Å². The molecule has 2 nitrogen and oxygen atoms in total. The highest BCUT2D eigenvalue weighted by Gasteiger charge is 1.94. The molecule has 0 aliphatic heterocycles. The lowest BCUT2D eigenvalue weighted by molar-refractivity contribution is 0.530. The first-order valence-electron chi connectivity index (χ1n) is 10.1. The molecule has 0 aromatic rings. The number of nitrogens with two attached hydrogens (primary N) is 1. The third kappa shape index (κ3) is 19.8. The van der Waals surface area contributed by atoms with Crippen LogP contribution >= 0.6 is 11.8 Å². The molecule has 0 radical (unpaired) electrons. The molecule has 0 fully saturated rings. The number of hydrogen-bond donors (Lipinski definition) is 1. The van der Waals surface area contributed by atoms with Gasteiger partial charge in [0.1, 0.15) is 0 Å². The number of hydrogen-bond acceptors (Lipinski definition) is 2. The molecule has 0 bridgehead atoms. The minimum Gasteiger partial charge on any atom is -0.379 e. The summed E-state index contributed by atoms with van der Waals surface area (Å²) in [5.41, 5.74) is 5.65. The smallest absolute Gasteiger partial charge is 0.153 e. The highest BCUT2D eigenvalue weighted by molar-refractivity contribution is 8.13. The Balaban J connectivity index is 3.03. The van der Waals surface area contributed by atoms with E-state index in [0.29, 0.717) is 0 Å². The minimum atomic E-state index is 0.728. The van der Waals surface area contributed by atoms with Gasteiger partial charge in [0.25, 0.3) is 0 Å². The van der Waals surface area contributed by atoms with Crippen LogP contribution < -0.4 is 5.73 Å². The van der Waals surface area contributed by atoms with Gasteiger partial charge in [-0.3, -0.25) is 4.99 Å². The fourth-order valence-corrected chi connectivity index (χ4v) is 3.13. The van der Waals surface area contributed by atoms with Crippen molar-refractivity contribution in [2.24, 2.45) is 10.7 Å². The molecule has 2 N–H and O–H groups in total. The normalized spacial score (nSPS) is 12.0. The lowest BCUT2D eigenvalue weighted by atomic mass is 10.0. The van der Waals surface area contributed by atoms with E-state index in [1.165, 1.54) is 103 Å². The summed E-state index contributed by atoms with van der Waals surface area (Å²) >= 11 is 1.54. The van der Waals surface area contributed by atoms with Gasteiger partial charge in [0.15, 0.2) is 5.17 Å². The SMILES string of the molecule is CCCCCCCCCCCCCCCCCCN=C(N)SC. The Morgan fingerprint density at radius 3 is 1.35 bits per heavy atom. The van der Waals surface area contributed by atoms with Gasteiger partial charge in [-0.15, -0.1) is 0 Å². The number of nitrogens with zero attached hydrogens (tertiary/aromatic N) is 1. The molecule has 0 aliphatic rings. The van der Waals surface area contributed by atoms with Crippen LogP contribution in [-0.4, -0.2) is 18.0 Å². The quantitative estimate of drug-likeness (QED) is 0.177. The molecular formula is C20H42N2S. The summed E-state index contributed by atoms with van der Waals surface area (Å²) < 4.78 is 0. The van der Waals surface area contributed by atoms with Crippen molar-refractivity contribution in [3.8, 4) is 0 Å². The summed E-state index contributed by atoms with van der Waals surface area (Å²) in [7, 11) is 0. The van der Waals surface area contributed by atoms with Crippen LogP contribution in [0.1, 0.15) is 110 Å². The van der Waals surface area contributed by atoms with Crippen LogP contribution in [0.5, 0.6) is 0 Å². The number of thioether (sulfide) groups is 1. The van der Waals surface area contributed by atoms with E-state index < -0.39 is 0 Å². The number of unbranched alkanes of at least 4 members (excludes halogenated alkanes) is 15. The van der Waals surface area contributed by atoms with Crippen molar-refractivity contribution in [2.45, 2.75) is 110 Å². The summed E-state index contributed by atoms with van der Waals surface area (Å²) in [6.45, 7) is 3.20. The molecule has 0 heterocycles. The topological polar surface area (TPSA) is 38.4 Å². The number of aliphatic imine (C=N–C) groups is 1. The van der Waals surface area contributed by atoms with Gasteiger partial charge < -0.3 is 5.73 Å². The first-order chi connectivity index (χ1) is 11.3. The third-order valence-corrected chi connectivity index (χ3v) is 5.04. The second kappa shape index (κ2) is 19.9. The molecule has 0 atom stereocenters. The molecule has 23 heavy (non-hydrogen) atoms. The van der Waals surface area contributed by atoms with Crippen molar-refractivity contribution >= 4 is 16.9 Å². The van der Waals surface area contributed by atoms with Gasteiger partial charge in [-0.05, 0) is 12.7 Å². The van der Waals surface area contributed by atoms with Crippen LogP contribution in [0.4, 0.5) is 0 Å². The van der Waals surface area contributed by atoms with Crippen LogP contribution in [-0.2, 0) is 0 Å². The number of rotatable bonds is 17. The van der Waals surface area contributed by atoms with E-state index in [4.69, 9.17) is 5.73 Å². The lowest BCUT2D eigenvalue weighted by Crippen LogP contribution is -2.06. The van der Waals surface area contributed by atoms with Crippen LogP contribution in [0.15, 0.2) is 4.99 Å². The highest BCUT2D eigenvalue weighted by atomic mass is 32.2. The van der Waals surface area contributed by atoms with Gasteiger partial charge in [0.2, 0.25) is 0 Å². The molecule has 0 aliphatic carbocycles. The van der Waals surface area contributed by atoms with Crippen LogP contribution in [0.3, 0.4) is 0 Å². The standard InChI is InChI=1S/C20H42N2S/c1-3-4-5-6-7-8-9-10-11-12-13-14-15-16-17-18-19-22-20(21)23-2/h3-19H2,1-2H3,(H2,21,22). The molecular weight excluding hydrogens is 300 g/mol. The third-order valence-electron chi connectivity index (χ3n) is 4.49. The zero-order valence-corrected chi connectivity index (χ0v) is 16.8. The molecule has 0 spiro atoms. The second-order valence-corrected chi connectivity index (χ2v) is 7.55. The monoisotopic (exact) mass is 342 g/mol. The molecule has 138 valence electrons. The molecule has 0 unspecified atom stereocenters. The Morgan fingerprint density at radius 1 is 0.652 bits per heavy atom. The molecule has 0 amide bonds. The largest absolute Gasteiger partial charge is 0.379 e. The number of amidine groups is 1. The zero-order valence-electron chi connectivity index (χ0n) is 16.0. The average molecular weight is 343 g/mol. The molecule has 0 saturated carbocycles. The van der Waals surface area contributed by atoms with E-state index in [0.717, 1.165) is 11.7 Å². The Morgan fingerprint density at radius 2 is 1.00 bits per heavy atom. The first kappa shape index (κ1) is 22.8. The maximum Gasteiger partial charge on any atom is 0.153 e. The van der Waals surface area contributed by atoms with E-state index in [1.807, 2.05) is 6.26 Å². The summed E-state index contributed by atoms with van der Waals surface area (Å²) in [6.07, 6.45) is 24.6. The van der Waals surface area contributed by atoms with Crippen LogP contribution in [0, 0.1) is 0 Å². The lowest BCUT2D eigenvalue weighted by Gasteiger charge is -2.03. The van der Waals surface area contributed by atoms with Crippen molar-refractivity contribution in [2.75, 3.05) is 12.8 Å². The molecule has 0 rings (SSSR count). The van der Waals surface area contributed by atoms with E-state index in [2.05, 4.69) is 11.9 Å². The average Bonchev–Trinajstić information content (AvgIpc) is 2.57. The maximum absolute atomic E-state index is 5.65. The van der Waals surface area contributed by atoms with Crippen LogP contribution in [0.25, 0.3) is 0 Å². The van der Waals surface area contributed by atoms with Gasteiger partial charge in [-0.25, -0.2) is 0 Å². The van der Waals surface area contributed by atoms with Gasteiger partial charge in [-0.2, -0.15) is 0 Å². The Bertz CT molecular complexity index is 254. The predicted octanol–water partition coefficient (Wildman–Crippen LogP) is 6.93. The van der Waals surface area contributed by atoms with Crippen molar-refractivity contribution in [1.82, 2.24) is 0 Å². The predicted molar refractivity (Wildman–Crippen MR) is 110 cm³/mol. The van der Waals surface area contributed by atoms with Crippen molar-refractivity contribution < 1.29 is 0 Å². The Kier molecular flexibility index (Phi) is 19.7. The van der Waals surface area contributed by atoms with E-state index >= 15 is 0 Å². The Hall–Kier alpha value is -0.180. The summed E-state index contributed by atoms with van der Waals surface area (Å²) in [6, 6.07) is 0. The van der Waals surface area contributed by atoms with Gasteiger partial charge in [0.05, 0.1) is 0 Å². The molecule has 0 aromatic carbocycles. The van der Waals surface area contributed by atoms with Gasteiger partial charge >= 0.3 is 0 Å². The summed E-state index contributed by atoms with van der Waals surface area (Å²) in [4.78, 5) is 4.30. The first-order valence-corrected chi connectivity index (χ1v) is 11.4. The fourth-order valence-electron chi connectivity index (χ4n) is 2.91. The van der Waals surface area contributed by atoms with E-state index in [9.17, 15) is 0 Å². The molecule has 0 saturated heterocycles. The van der Waals surface area contributed by atoms with Gasteiger partial charge in [-0.1, -0.05) is 115 Å². The van der Waals surface area contributed by atoms with Crippen LogP contribution in [0.2, 0.25) is 0 Å². The fraction of sp³-hybridized carbons (Fsp3) is 0.950. The molecule has 3 heteroatoms. The molecule has 0 aromatic heterocycles. The Labute approximate surface area is 150 Å². The van der Waals surface area contributed by atoms with Crippen molar-refractivity contribution in [3.63, 3.8) is 0 Å². The highest BCUT2D eigenvalue weighted by Crippen LogP contribution is 2.13. The summed E-state index contributed by atoms with van der Waals surface area (Å²) in [5.74, 6) is 0. The van der Waals surface area contributed by atoms with E-state index in [1.54, 1.807) is 11.8 Å². The summed E-state index contributed by atoms with van der Waals surface area (Å²) in [5, 5.41) is 0.728. The van der Waals surface area contributed by atoms with Gasteiger partial charge in [0, 0.05) is 6.54 Å². The zero-order chi connectivity index (χ0) is 17.0. The minimum absolute atomic E-state index is 0.728.